The zero-order chi connectivity index (χ0) is 18.8. The number of thiophene rings is 1. The van der Waals surface area contributed by atoms with E-state index in [-0.39, 0.29) is 11.3 Å². The standard InChI is InChI=1S/C20H22N2O3S/c1-5-17-21-19-18(20(24)22(17)9-8-13(3)23)15(11-26-19)14-6-7-16(25-4)12(2)10-14/h6-7,10-11H,5,8-9H2,1-4H3. The van der Waals surface area contributed by atoms with Crippen molar-refractivity contribution in [3.05, 3.63) is 45.3 Å². The van der Waals surface area contributed by atoms with Gasteiger partial charge in [-0.15, -0.1) is 11.3 Å². The number of hydrogen-bond acceptors (Lipinski definition) is 5. The summed E-state index contributed by atoms with van der Waals surface area (Å²) in [4.78, 5) is 30.0. The van der Waals surface area contributed by atoms with Crippen molar-refractivity contribution in [3.8, 4) is 16.9 Å². The number of hydrogen-bond donors (Lipinski definition) is 0. The molecule has 2 aromatic heterocycles. The molecule has 0 spiro atoms. The van der Waals surface area contributed by atoms with Gasteiger partial charge in [0.25, 0.3) is 5.56 Å². The van der Waals surface area contributed by atoms with Crippen LogP contribution in [-0.2, 0) is 17.8 Å². The monoisotopic (exact) mass is 370 g/mol. The maximum absolute atomic E-state index is 13.2. The summed E-state index contributed by atoms with van der Waals surface area (Å²) in [7, 11) is 1.64. The molecule has 0 radical (unpaired) electrons. The molecule has 6 heteroatoms. The number of Topliss-reactive ketones (excluding diaryl/α,β-unsaturated/α-hetero) is 1. The van der Waals surface area contributed by atoms with E-state index in [1.807, 2.05) is 37.4 Å². The molecular weight excluding hydrogens is 348 g/mol. The Kier molecular flexibility index (Phi) is 5.23. The molecule has 1 aromatic carbocycles. The van der Waals surface area contributed by atoms with Crippen molar-refractivity contribution in [2.24, 2.45) is 0 Å². The van der Waals surface area contributed by atoms with Crippen LogP contribution < -0.4 is 10.3 Å². The van der Waals surface area contributed by atoms with Crippen molar-refractivity contribution in [1.29, 1.82) is 0 Å². The van der Waals surface area contributed by atoms with Crippen molar-refractivity contribution >= 4 is 27.3 Å². The number of aromatic nitrogens is 2. The Morgan fingerprint density at radius 3 is 2.73 bits per heavy atom. The molecule has 136 valence electrons. The number of aryl methyl sites for hydroxylation is 2. The van der Waals surface area contributed by atoms with Crippen LogP contribution in [0.4, 0.5) is 0 Å². The average Bonchev–Trinajstić information content (AvgIpc) is 3.04. The van der Waals surface area contributed by atoms with E-state index >= 15 is 0 Å². The van der Waals surface area contributed by atoms with Crippen molar-refractivity contribution in [2.45, 2.75) is 40.2 Å². The molecule has 3 aromatic rings. The lowest BCUT2D eigenvalue weighted by Crippen LogP contribution is -2.25. The van der Waals surface area contributed by atoms with Gasteiger partial charge in [0.05, 0.1) is 12.5 Å². The molecule has 0 saturated carbocycles. The number of rotatable bonds is 6. The molecule has 3 rings (SSSR count). The van der Waals surface area contributed by atoms with Gasteiger partial charge in [-0.3, -0.25) is 14.2 Å². The predicted octanol–water partition coefficient (Wildman–Crippen LogP) is 3.98. The molecular formula is C20H22N2O3S. The number of ketones is 1. The van der Waals surface area contributed by atoms with E-state index in [1.165, 1.54) is 11.3 Å². The fourth-order valence-electron chi connectivity index (χ4n) is 3.09. The second kappa shape index (κ2) is 7.41. The van der Waals surface area contributed by atoms with Crippen LogP contribution in [0, 0.1) is 6.92 Å². The van der Waals surface area contributed by atoms with Crippen molar-refractivity contribution < 1.29 is 9.53 Å². The summed E-state index contributed by atoms with van der Waals surface area (Å²) in [6.07, 6.45) is 0.985. The van der Waals surface area contributed by atoms with Gasteiger partial charge in [-0.25, -0.2) is 4.98 Å². The van der Waals surface area contributed by atoms with Gasteiger partial charge in [-0.1, -0.05) is 13.0 Å². The van der Waals surface area contributed by atoms with Crippen LogP contribution in [0.5, 0.6) is 5.75 Å². The first-order chi connectivity index (χ1) is 12.5. The first kappa shape index (κ1) is 18.3. The van der Waals surface area contributed by atoms with Crippen molar-refractivity contribution in [2.75, 3.05) is 7.11 Å². The van der Waals surface area contributed by atoms with E-state index < -0.39 is 0 Å². The van der Waals surface area contributed by atoms with Gasteiger partial charge in [-0.05, 0) is 37.1 Å². The molecule has 0 aliphatic heterocycles. The van der Waals surface area contributed by atoms with Crippen LogP contribution in [0.3, 0.4) is 0 Å². The van der Waals surface area contributed by atoms with E-state index in [1.54, 1.807) is 18.6 Å². The minimum atomic E-state index is -0.0715. The lowest BCUT2D eigenvalue weighted by atomic mass is 10.0. The fourth-order valence-corrected chi connectivity index (χ4v) is 4.05. The van der Waals surface area contributed by atoms with Crippen molar-refractivity contribution in [1.82, 2.24) is 9.55 Å². The fraction of sp³-hybridized carbons (Fsp3) is 0.350. The second-order valence-electron chi connectivity index (χ2n) is 6.30. The molecule has 0 unspecified atom stereocenters. The molecule has 0 saturated heterocycles. The summed E-state index contributed by atoms with van der Waals surface area (Å²) in [5.74, 6) is 1.61. The second-order valence-corrected chi connectivity index (χ2v) is 7.16. The van der Waals surface area contributed by atoms with Crippen LogP contribution >= 0.6 is 11.3 Å². The summed E-state index contributed by atoms with van der Waals surface area (Å²) in [6, 6.07) is 5.89. The van der Waals surface area contributed by atoms with Gasteiger partial charge < -0.3 is 4.74 Å². The minimum absolute atomic E-state index is 0.0652. The van der Waals surface area contributed by atoms with E-state index in [4.69, 9.17) is 4.74 Å². The average molecular weight is 370 g/mol. The number of carbonyl (C=O) groups excluding carboxylic acids is 1. The lowest BCUT2D eigenvalue weighted by Gasteiger charge is -2.11. The molecule has 0 N–H and O–H groups in total. The Balaban J connectivity index is 2.19. The maximum Gasteiger partial charge on any atom is 0.262 e. The van der Waals surface area contributed by atoms with Crippen LogP contribution in [-0.4, -0.2) is 22.4 Å². The number of carbonyl (C=O) groups is 1. The Bertz CT molecular complexity index is 1030. The van der Waals surface area contributed by atoms with E-state index in [9.17, 15) is 9.59 Å². The normalized spacial score (nSPS) is 11.1. The molecule has 0 aliphatic rings. The molecule has 2 heterocycles. The van der Waals surface area contributed by atoms with E-state index in [0.717, 1.165) is 33.1 Å². The number of fused-ring (bicyclic) bond motifs is 1. The zero-order valence-corrected chi connectivity index (χ0v) is 16.3. The number of ether oxygens (including phenoxy) is 1. The van der Waals surface area contributed by atoms with Gasteiger partial charge in [-0.2, -0.15) is 0 Å². The molecule has 0 fully saturated rings. The SMILES string of the molecule is CCc1nc2scc(-c3ccc(OC)c(C)c3)c2c(=O)n1CCC(C)=O. The largest absolute Gasteiger partial charge is 0.496 e. The highest BCUT2D eigenvalue weighted by molar-refractivity contribution is 7.17. The summed E-state index contributed by atoms with van der Waals surface area (Å²) >= 11 is 1.48. The Hall–Kier alpha value is -2.47. The first-order valence-corrected chi connectivity index (χ1v) is 9.49. The summed E-state index contributed by atoms with van der Waals surface area (Å²) in [5.41, 5.74) is 2.79. The lowest BCUT2D eigenvalue weighted by molar-refractivity contribution is -0.117. The number of benzene rings is 1. The van der Waals surface area contributed by atoms with Crippen molar-refractivity contribution in [3.63, 3.8) is 0 Å². The van der Waals surface area contributed by atoms with Gasteiger partial charge in [0.1, 0.15) is 22.2 Å². The topological polar surface area (TPSA) is 61.2 Å². The van der Waals surface area contributed by atoms with Crippen LogP contribution in [0.2, 0.25) is 0 Å². The van der Waals surface area contributed by atoms with E-state index in [2.05, 4.69) is 4.98 Å². The number of methoxy groups -OCH3 is 1. The molecule has 0 aliphatic carbocycles. The smallest absolute Gasteiger partial charge is 0.262 e. The van der Waals surface area contributed by atoms with Crippen LogP contribution in [0.1, 0.15) is 31.7 Å². The molecule has 0 amide bonds. The first-order valence-electron chi connectivity index (χ1n) is 8.61. The van der Waals surface area contributed by atoms with Gasteiger partial charge >= 0.3 is 0 Å². The summed E-state index contributed by atoms with van der Waals surface area (Å²) in [5, 5.41) is 2.61. The molecule has 0 atom stereocenters. The third-order valence-corrected chi connectivity index (χ3v) is 5.35. The van der Waals surface area contributed by atoms with E-state index in [0.29, 0.717) is 24.8 Å². The molecule has 0 bridgehead atoms. The zero-order valence-electron chi connectivity index (χ0n) is 15.5. The maximum atomic E-state index is 13.2. The third-order valence-electron chi connectivity index (χ3n) is 4.48. The highest BCUT2D eigenvalue weighted by atomic mass is 32.1. The Morgan fingerprint density at radius 1 is 1.35 bits per heavy atom. The minimum Gasteiger partial charge on any atom is -0.496 e. The summed E-state index contributed by atoms with van der Waals surface area (Å²) in [6.45, 7) is 5.87. The Labute approximate surface area is 156 Å². The van der Waals surface area contributed by atoms with Crippen LogP contribution in [0.15, 0.2) is 28.4 Å². The third kappa shape index (κ3) is 3.29. The predicted molar refractivity (Wildman–Crippen MR) is 105 cm³/mol. The molecule has 26 heavy (non-hydrogen) atoms. The van der Waals surface area contributed by atoms with Gasteiger partial charge in [0.15, 0.2) is 0 Å². The quantitative estimate of drug-likeness (QED) is 0.658. The van der Waals surface area contributed by atoms with Gasteiger partial charge in [0, 0.05) is 30.3 Å². The van der Waals surface area contributed by atoms with Gasteiger partial charge in [0.2, 0.25) is 0 Å². The Morgan fingerprint density at radius 2 is 2.12 bits per heavy atom. The highest BCUT2D eigenvalue weighted by Crippen LogP contribution is 2.33. The summed E-state index contributed by atoms with van der Waals surface area (Å²) < 4.78 is 6.97. The highest BCUT2D eigenvalue weighted by Gasteiger charge is 2.17. The van der Waals surface area contributed by atoms with Crippen LogP contribution in [0.25, 0.3) is 21.3 Å². The molecule has 5 nitrogen and oxygen atoms in total. The number of nitrogens with zero attached hydrogens (tertiary/aromatic N) is 2.